The molecule has 13 heteroatoms. The fourth-order valence-corrected chi connectivity index (χ4v) is 2.89. The molecule has 172 valence electrons. The molecule has 2 aromatic carbocycles. The summed E-state index contributed by atoms with van der Waals surface area (Å²) in [5, 5.41) is 8.11. The van der Waals surface area contributed by atoms with Gasteiger partial charge >= 0.3 is 13.0 Å². The number of alkyl halides is 5. The summed E-state index contributed by atoms with van der Waals surface area (Å²) in [6.07, 6.45) is -4.79. The van der Waals surface area contributed by atoms with Crippen LogP contribution in [-0.4, -0.2) is 37.9 Å². The number of halogens is 5. The van der Waals surface area contributed by atoms with Crippen molar-refractivity contribution in [3.05, 3.63) is 59.9 Å². The van der Waals surface area contributed by atoms with Crippen LogP contribution in [0.2, 0.25) is 0 Å². The van der Waals surface area contributed by atoms with Crippen LogP contribution in [0.25, 0.3) is 23.1 Å². The predicted octanol–water partition coefficient (Wildman–Crippen LogP) is 4.85. The summed E-state index contributed by atoms with van der Waals surface area (Å²) in [6.45, 7) is -1.02. The summed E-state index contributed by atoms with van der Waals surface area (Å²) in [5.41, 5.74) is 1.05. The van der Waals surface area contributed by atoms with E-state index in [1.165, 1.54) is 28.9 Å². The Balaban J connectivity index is 1.50. The molecule has 0 aliphatic rings. The number of aromatic nitrogens is 5. The fourth-order valence-electron chi connectivity index (χ4n) is 2.89. The number of hydrogen-bond donors (Lipinski definition) is 0. The van der Waals surface area contributed by atoms with Crippen LogP contribution in [0.4, 0.5) is 22.0 Å². The topological polar surface area (TPSA) is 88.1 Å². The maximum atomic E-state index is 12.4. The van der Waals surface area contributed by atoms with Crippen LogP contribution in [0.5, 0.6) is 11.5 Å². The number of ether oxygens (including phenoxy) is 2. The summed E-state index contributed by atoms with van der Waals surface area (Å²) in [7, 11) is 0. The smallest absolute Gasteiger partial charge is 0.435 e. The van der Waals surface area contributed by atoms with Crippen molar-refractivity contribution in [2.45, 2.75) is 26.4 Å². The van der Waals surface area contributed by atoms with Crippen LogP contribution in [-0.2, 0) is 6.54 Å². The van der Waals surface area contributed by atoms with Gasteiger partial charge in [-0.2, -0.15) is 13.8 Å². The molecule has 4 aromatic rings. The second-order valence-corrected chi connectivity index (χ2v) is 6.66. The Labute approximate surface area is 182 Å². The Kier molecular flexibility index (Phi) is 5.94. The molecular formula is C20H14F5N5O3. The second kappa shape index (κ2) is 8.84. The Hall–Kier alpha value is -4.03. The molecule has 2 heterocycles. The highest BCUT2D eigenvalue weighted by Gasteiger charge is 2.31. The average Bonchev–Trinajstić information content (AvgIpc) is 3.35. The summed E-state index contributed by atoms with van der Waals surface area (Å²) >= 11 is 0. The zero-order valence-electron chi connectivity index (χ0n) is 16.8. The average molecular weight is 467 g/mol. The molecule has 0 radical (unpaired) electrons. The molecule has 8 nitrogen and oxygen atoms in total. The van der Waals surface area contributed by atoms with Gasteiger partial charge in [0.25, 0.3) is 5.89 Å². The van der Waals surface area contributed by atoms with E-state index in [-0.39, 0.29) is 35.6 Å². The highest BCUT2D eigenvalue weighted by Crippen LogP contribution is 2.26. The van der Waals surface area contributed by atoms with E-state index < -0.39 is 13.0 Å². The van der Waals surface area contributed by atoms with Gasteiger partial charge in [0.15, 0.2) is 0 Å². The molecule has 0 unspecified atom stereocenters. The van der Waals surface area contributed by atoms with Crippen LogP contribution in [0, 0.1) is 6.92 Å². The van der Waals surface area contributed by atoms with Gasteiger partial charge in [0.2, 0.25) is 11.6 Å². The van der Waals surface area contributed by atoms with Gasteiger partial charge in [0.1, 0.15) is 17.3 Å². The van der Waals surface area contributed by atoms with Gasteiger partial charge < -0.3 is 14.0 Å². The molecule has 0 aliphatic carbocycles. The molecule has 0 atom stereocenters. The third-order valence-corrected chi connectivity index (χ3v) is 4.28. The number of nitrogens with zero attached hydrogens (tertiary/aromatic N) is 5. The summed E-state index contributed by atoms with van der Waals surface area (Å²) in [6, 6.07) is 11.1. The lowest BCUT2D eigenvalue weighted by molar-refractivity contribution is -0.274. The Bertz CT molecular complexity index is 1240. The van der Waals surface area contributed by atoms with Gasteiger partial charge in [-0.05, 0) is 48.9 Å². The van der Waals surface area contributed by atoms with Gasteiger partial charge in [-0.1, -0.05) is 17.3 Å². The lowest BCUT2D eigenvalue weighted by atomic mass is 10.2. The fraction of sp³-hybridized carbons (Fsp3) is 0.200. The zero-order chi connectivity index (χ0) is 23.6. The molecule has 0 saturated carbocycles. The van der Waals surface area contributed by atoms with E-state index in [9.17, 15) is 22.0 Å². The van der Waals surface area contributed by atoms with E-state index in [1.807, 2.05) is 0 Å². The Morgan fingerprint density at radius 3 is 2.45 bits per heavy atom. The van der Waals surface area contributed by atoms with Crippen LogP contribution >= 0.6 is 0 Å². The molecule has 0 aliphatic heterocycles. The van der Waals surface area contributed by atoms with Gasteiger partial charge in [0, 0.05) is 5.56 Å². The summed E-state index contributed by atoms with van der Waals surface area (Å²) in [4.78, 5) is 8.45. The van der Waals surface area contributed by atoms with Gasteiger partial charge in [0.05, 0.1) is 6.54 Å². The van der Waals surface area contributed by atoms with E-state index in [2.05, 4.69) is 29.7 Å². The molecular weight excluding hydrogens is 453 g/mol. The minimum atomic E-state index is -4.79. The molecule has 0 bridgehead atoms. The van der Waals surface area contributed by atoms with E-state index in [0.717, 1.165) is 12.1 Å². The normalized spacial score (nSPS) is 11.7. The van der Waals surface area contributed by atoms with E-state index in [4.69, 9.17) is 4.52 Å². The van der Waals surface area contributed by atoms with Crippen LogP contribution in [0.1, 0.15) is 11.4 Å². The number of benzene rings is 2. The Morgan fingerprint density at radius 1 is 1.00 bits per heavy atom. The SMILES string of the molecule is Cc1nc(-c2nc(-c3ccc(OC(F)(F)F)cc3)no2)nn1Cc1cccc(OC(F)F)c1. The standard InChI is InChI=1S/C20H14F5N5O3/c1-11-26-17(28-30(11)10-12-3-2-4-15(9-12)31-19(21)22)18-27-16(29-33-18)13-5-7-14(8-6-13)32-20(23,24)25/h2-9,19H,10H2,1H3. The minimum absolute atomic E-state index is 0.00254. The van der Waals surface area contributed by atoms with Crippen molar-refractivity contribution >= 4 is 0 Å². The Morgan fingerprint density at radius 2 is 1.76 bits per heavy atom. The second-order valence-electron chi connectivity index (χ2n) is 6.66. The van der Waals surface area contributed by atoms with Crippen LogP contribution < -0.4 is 9.47 Å². The first kappa shape index (κ1) is 22.2. The quantitative estimate of drug-likeness (QED) is 0.359. The third kappa shape index (κ3) is 5.61. The molecule has 4 rings (SSSR count). The van der Waals surface area contributed by atoms with Crippen molar-refractivity contribution in [3.8, 4) is 34.6 Å². The van der Waals surface area contributed by atoms with Gasteiger partial charge in [-0.15, -0.1) is 18.3 Å². The first-order valence-electron chi connectivity index (χ1n) is 9.32. The van der Waals surface area contributed by atoms with E-state index >= 15 is 0 Å². The number of rotatable bonds is 7. The molecule has 0 saturated heterocycles. The van der Waals surface area contributed by atoms with Crippen LogP contribution in [0.3, 0.4) is 0 Å². The lowest BCUT2D eigenvalue weighted by Crippen LogP contribution is -2.16. The van der Waals surface area contributed by atoms with Crippen molar-refractivity contribution < 1.29 is 35.9 Å². The van der Waals surface area contributed by atoms with Crippen LogP contribution in [0.15, 0.2) is 53.1 Å². The molecule has 0 fully saturated rings. The minimum Gasteiger partial charge on any atom is -0.435 e. The third-order valence-electron chi connectivity index (χ3n) is 4.28. The highest BCUT2D eigenvalue weighted by molar-refractivity contribution is 5.57. The van der Waals surface area contributed by atoms with Gasteiger partial charge in [-0.3, -0.25) is 0 Å². The maximum Gasteiger partial charge on any atom is 0.573 e. The van der Waals surface area contributed by atoms with Crippen molar-refractivity contribution in [2.24, 2.45) is 0 Å². The van der Waals surface area contributed by atoms with E-state index in [1.54, 1.807) is 19.1 Å². The predicted molar refractivity (Wildman–Crippen MR) is 102 cm³/mol. The molecule has 0 spiro atoms. The molecule has 33 heavy (non-hydrogen) atoms. The largest absolute Gasteiger partial charge is 0.573 e. The lowest BCUT2D eigenvalue weighted by Gasteiger charge is -2.08. The molecule has 0 N–H and O–H groups in total. The van der Waals surface area contributed by atoms with Crippen molar-refractivity contribution in [1.29, 1.82) is 0 Å². The first-order valence-corrected chi connectivity index (χ1v) is 9.32. The first-order chi connectivity index (χ1) is 15.7. The maximum absolute atomic E-state index is 12.4. The highest BCUT2D eigenvalue weighted by atomic mass is 19.4. The summed E-state index contributed by atoms with van der Waals surface area (Å²) in [5.74, 6) is 0.385. The van der Waals surface area contributed by atoms with Crippen molar-refractivity contribution in [1.82, 2.24) is 24.9 Å². The number of aryl methyl sites for hydroxylation is 1. The van der Waals surface area contributed by atoms with Crippen molar-refractivity contribution in [3.63, 3.8) is 0 Å². The summed E-state index contributed by atoms with van der Waals surface area (Å²) < 4.78 is 76.6. The van der Waals surface area contributed by atoms with Crippen molar-refractivity contribution in [2.75, 3.05) is 0 Å². The zero-order valence-corrected chi connectivity index (χ0v) is 16.8. The van der Waals surface area contributed by atoms with Gasteiger partial charge in [-0.25, -0.2) is 9.67 Å². The molecule has 2 aromatic heterocycles. The van der Waals surface area contributed by atoms with E-state index in [0.29, 0.717) is 17.0 Å². The molecule has 0 amide bonds. The number of hydrogen-bond acceptors (Lipinski definition) is 7. The monoisotopic (exact) mass is 467 g/mol.